The summed E-state index contributed by atoms with van der Waals surface area (Å²) in [6.45, 7) is 2.87. The number of nitrogens with one attached hydrogen (secondary N) is 1. The minimum atomic E-state index is 0.480. The largest absolute Gasteiger partial charge is 0.373 e. The molecule has 2 fully saturated rings. The van der Waals surface area contributed by atoms with Crippen LogP contribution < -0.4 is 5.32 Å². The molecule has 126 valence electrons. The molecule has 2 heteroatoms. The number of hydrogen-bond acceptors (Lipinski definition) is 2. The second-order valence-corrected chi connectivity index (χ2v) is 7.37. The van der Waals surface area contributed by atoms with E-state index >= 15 is 0 Å². The quantitative estimate of drug-likeness (QED) is 0.816. The third-order valence-corrected chi connectivity index (χ3v) is 5.83. The van der Waals surface area contributed by atoms with Crippen LogP contribution in [-0.2, 0) is 17.9 Å². The molecule has 0 radical (unpaired) electrons. The summed E-state index contributed by atoms with van der Waals surface area (Å²) < 4.78 is 6.34. The molecule has 4 rings (SSSR count). The van der Waals surface area contributed by atoms with Crippen molar-refractivity contribution in [2.24, 2.45) is 17.8 Å². The lowest BCUT2D eigenvalue weighted by molar-refractivity contribution is 0.00716. The molecule has 4 atom stereocenters. The summed E-state index contributed by atoms with van der Waals surface area (Å²) in [5.41, 5.74) is 2.67. The first-order valence-electron chi connectivity index (χ1n) is 9.30. The standard InChI is InChI=1S/C22H27NO/c1-3-7-17(8-4-1)14-23-15-20-13-19-11-12-21(20)22(19)24-16-18-9-5-2-6-10-18/h1-10,19-23H,11-16H2. The van der Waals surface area contributed by atoms with Crippen LogP contribution in [0.2, 0.25) is 0 Å². The topological polar surface area (TPSA) is 21.3 Å². The molecule has 2 aliphatic carbocycles. The van der Waals surface area contributed by atoms with Crippen molar-refractivity contribution in [3.63, 3.8) is 0 Å². The fourth-order valence-corrected chi connectivity index (χ4v) is 4.66. The predicted molar refractivity (Wildman–Crippen MR) is 97.5 cm³/mol. The SMILES string of the molecule is c1ccc(CNCC2CC3CCC2C3OCc2ccccc2)cc1. The summed E-state index contributed by atoms with van der Waals surface area (Å²) >= 11 is 0. The van der Waals surface area contributed by atoms with E-state index in [1.807, 2.05) is 0 Å². The second kappa shape index (κ2) is 7.50. The Morgan fingerprint density at radius 3 is 2.33 bits per heavy atom. The summed E-state index contributed by atoms with van der Waals surface area (Å²) in [4.78, 5) is 0. The van der Waals surface area contributed by atoms with Crippen LogP contribution in [-0.4, -0.2) is 12.6 Å². The van der Waals surface area contributed by atoms with Crippen molar-refractivity contribution in [1.82, 2.24) is 5.32 Å². The van der Waals surface area contributed by atoms with Crippen LogP contribution in [0.3, 0.4) is 0 Å². The lowest BCUT2D eigenvalue weighted by Crippen LogP contribution is -2.28. The van der Waals surface area contributed by atoms with Crippen molar-refractivity contribution >= 4 is 0 Å². The van der Waals surface area contributed by atoms with Gasteiger partial charge in [0.2, 0.25) is 0 Å². The molecule has 4 unspecified atom stereocenters. The highest BCUT2D eigenvalue weighted by atomic mass is 16.5. The fourth-order valence-electron chi connectivity index (χ4n) is 4.66. The van der Waals surface area contributed by atoms with Crippen LogP contribution >= 0.6 is 0 Å². The Hall–Kier alpha value is -1.64. The minimum absolute atomic E-state index is 0.480. The van der Waals surface area contributed by atoms with Crippen LogP contribution in [0, 0.1) is 17.8 Å². The molecule has 2 bridgehead atoms. The third-order valence-electron chi connectivity index (χ3n) is 5.83. The van der Waals surface area contributed by atoms with Gasteiger partial charge in [-0.25, -0.2) is 0 Å². The number of hydrogen-bond donors (Lipinski definition) is 1. The molecular formula is C22H27NO. The van der Waals surface area contributed by atoms with E-state index in [1.54, 1.807) is 0 Å². The van der Waals surface area contributed by atoms with Gasteiger partial charge in [0.25, 0.3) is 0 Å². The van der Waals surface area contributed by atoms with Gasteiger partial charge in [-0.15, -0.1) is 0 Å². The molecule has 0 spiro atoms. The molecule has 0 saturated heterocycles. The lowest BCUT2D eigenvalue weighted by Gasteiger charge is -2.22. The molecular weight excluding hydrogens is 294 g/mol. The first-order chi connectivity index (χ1) is 11.9. The molecule has 0 heterocycles. The molecule has 0 amide bonds. The number of fused-ring (bicyclic) bond motifs is 2. The Morgan fingerprint density at radius 1 is 0.875 bits per heavy atom. The van der Waals surface area contributed by atoms with Gasteiger partial charge < -0.3 is 10.1 Å². The second-order valence-electron chi connectivity index (χ2n) is 7.37. The van der Waals surface area contributed by atoms with E-state index in [1.165, 1.54) is 30.4 Å². The van der Waals surface area contributed by atoms with Crippen molar-refractivity contribution in [2.75, 3.05) is 6.54 Å². The maximum atomic E-state index is 6.34. The van der Waals surface area contributed by atoms with E-state index in [0.717, 1.165) is 37.5 Å². The average molecular weight is 321 g/mol. The Labute approximate surface area is 145 Å². The van der Waals surface area contributed by atoms with Gasteiger partial charge >= 0.3 is 0 Å². The number of ether oxygens (including phenoxy) is 1. The summed E-state index contributed by atoms with van der Waals surface area (Å²) in [5, 5.41) is 3.67. The fraction of sp³-hybridized carbons (Fsp3) is 0.455. The number of rotatable bonds is 7. The lowest BCUT2D eigenvalue weighted by atomic mass is 9.89. The van der Waals surface area contributed by atoms with Gasteiger partial charge in [-0.2, -0.15) is 0 Å². The zero-order valence-electron chi connectivity index (χ0n) is 14.2. The highest BCUT2D eigenvalue weighted by molar-refractivity contribution is 5.15. The molecule has 2 aromatic carbocycles. The van der Waals surface area contributed by atoms with Crippen molar-refractivity contribution in [3.05, 3.63) is 71.8 Å². The maximum absolute atomic E-state index is 6.34. The molecule has 2 nitrogen and oxygen atoms in total. The third kappa shape index (κ3) is 3.55. The zero-order chi connectivity index (χ0) is 16.2. The molecule has 24 heavy (non-hydrogen) atoms. The zero-order valence-corrected chi connectivity index (χ0v) is 14.2. The highest BCUT2D eigenvalue weighted by Crippen LogP contribution is 2.50. The van der Waals surface area contributed by atoms with Crippen molar-refractivity contribution in [1.29, 1.82) is 0 Å². The summed E-state index contributed by atoms with van der Waals surface area (Å²) in [6, 6.07) is 21.3. The normalized spacial score (nSPS) is 28.3. The van der Waals surface area contributed by atoms with Crippen molar-refractivity contribution in [2.45, 2.75) is 38.5 Å². The van der Waals surface area contributed by atoms with Crippen LogP contribution in [0.5, 0.6) is 0 Å². The van der Waals surface area contributed by atoms with Gasteiger partial charge in [0.15, 0.2) is 0 Å². The van der Waals surface area contributed by atoms with Gasteiger partial charge in [-0.1, -0.05) is 60.7 Å². The highest BCUT2D eigenvalue weighted by Gasteiger charge is 2.48. The van der Waals surface area contributed by atoms with Crippen LogP contribution in [0.4, 0.5) is 0 Å². The van der Waals surface area contributed by atoms with E-state index in [9.17, 15) is 0 Å². The van der Waals surface area contributed by atoms with Crippen LogP contribution in [0.25, 0.3) is 0 Å². The predicted octanol–water partition coefficient (Wildman–Crippen LogP) is 4.41. The summed E-state index contributed by atoms with van der Waals surface area (Å²) in [5.74, 6) is 2.32. The number of benzene rings is 2. The van der Waals surface area contributed by atoms with E-state index in [4.69, 9.17) is 4.74 Å². The van der Waals surface area contributed by atoms with Gasteiger partial charge in [0.05, 0.1) is 12.7 Å². The smallest absolute Gasteiger partial charge is 0.0720 e. The van der Waals surface area contributed by atoms with Crippen molar-refractivity contribution < 1.29 is 4.74 Å². The average Bonchev–Trinajstić information content (AvgIpc) is 3.18. The Balaban J connectivity index is 1.27. The van der Waals surface area contributed by atoms with Crippen molar-refractivity contribution in [3.8, 4) is 0 Å². The molecule has 2 aromatic rings. The van der Waals surface area contributed by atoms with E-state index < -0.39 is 0 Å². The molecule has 2 saturated carbocycles. The maximum Gasteiger partial charge on any atom is 0.0720 e. The van der Waals surface area contributed by atoms with E-state index in [0.29, 0.717) is 6.10 Å². The van der Waals surface area contributed by atoms with E-state index in [-0.39, 0.29) is 0 Å². The Kier molecular flexibility index (Phi) is 4.96. The van der Waals surface area contributed by atoms with Gasteiger partial charge in [0.1, 0.15) is 0 Å². The molecule has 0 aliphatic heterocycles. The Morgan fingerprint density at radius 2 is 1.58 bits per heavy atom. The molecule has 0 aromatic heterocycles. The van der Waals surface area contributed by atoms with Gasteiger partial charge in [-0.3, -0.25) is 0 Å². The molecule has 1 N–H and O–H groups in total. The minimum Gasteiger partial charge on any atom is -0.373 e. The first-order valence-corrected chi connectivity index (χ1v) is 9.30. The van der Waals surface area contributed by atoms with Gasteiger partial charge in [0, 0.05) is 6.54 Å². The van der Waals surface area contributed by atoms with Gasteiger partial charge in [-0.05, 0) is 54.7 Å². The first kappa shape index (κ1) is 15.9. The monoisotopic (exact) mass is 321 g/mol. The van der Waals surface area contributed by atoms with Crippen LogP contribution in [0.1, 0.15) is 30.4 Å². The van der Waals surface area contributed by atoms with E-state index in [2.05, 4.69) is 66.0 Å². The van der Waals surface area contributed by atoms with Crippen LogP contribution in [0.15, 0.2) is 60.7 Å². The molecule has 2 aliphatic rings. The Bertz CT molecular complexity index is 627. The summed E-state index contributed by atoms with van der Waals surface area (Å²) in [6.07, 6.45) is 4.53. The summed E-state index contributed by atoms with van der Waals surface area (Å²) in [7, 11) is 0.